The summed E-state index contributed by atoms with van der Waals surface area (Å²) in [5.74, 6) is 1.06. The Balaban J connectivity index is 1.47. The fraction of sp³-hybridized carbons (Fsp3) is 0.435. The first kappa shape index (κ1) is 16.7. The molecule has 4 nitrogen and oxygen atoms in total. The lowest BCUT2D eigenvalue weighted by Crippen LogP contribution is -2.41. The molecule has 4 atom stereocenters. The van der Waals surface area contributed by atoms with Gasteiger partial charge in [0.1, 0.15) is 6.33 Å². The van der Waals surface area contributed by atoms with E-state index in [-0.39, 0.29) is 5.41 Å². The van der Waals surface area contributed by atoms with E-state index in [0.29, 0.717) is 23.3 Å². The highest BCUT2D eigenvalue weighted by Gasteiger charge is 2.51. The monoisotopic (exact) mass is 360 g/mol. The van der Waals surface area contributed by atoms with E-state index >= 15 is 0 Å². The molecule has 3 aliphatic rings. The van der Waals surface area contributed by atoms with Crippen molar-refractivity contribution in [3.63, 3.8) is 0 Å². The third kappa shape index (κ3) is 2.46. The van der Waals surface area contributed by atoms with Crippen molar-refractivity contribution in [3.05, 3.63) is 65.2 Å². The van der Waals surface area contributed by atoms with Gasteiger partial charge in [0.15, 0.2) is 0 Å². The molecule has 0 bridgehead atoms. The molecule has 0 aliphatic heterocycles. The van der Waals surface area contributed by atoms with Crippen LogP contribution >= 0.6 is 0 Å². The molecule has 138 valence electrons. The Bertz CT molecular complexity index is 937. The summed E-state index contributed by atoms with van der Waals surface area (Å²) in [6.45, 7) is 2.43. The Hall–Kier alpha value is -2.49. The first-order valence-corrected chi connectivity index (χ1v) is 9.90. The van der Waals surface area contributed by atoms with Crippen LogP contribution in [0.15, 0.2) is 43.0 Å². The molecule has 1 N–H and O–H groups in total. The molecule has 3 aliphatic carbocycles. The summed E-state index contributed by atoms with van der Waals surface area (Å²) in [4.78, 5) is 19.8. The van der Waals surface area contributed by atoms with Crippen molar-refractivity contribution in [2.75, 3.05) is 0 Å². The zero-order valence-corrected chi connectivity index (χ0v) is 15.6. The normalized spacial score (nSPS) is 31.4. The van der Waals surface area contributed by atoms with Crippen molar-refractivity contribution >= 4 is 11.5 Å². The van der Waals surface area contributed by atoms with E-state index in [2.05, 4.69) is 29.0 Å². The number of carboxylic acid groups (broad SMARTS) is 1. The Morgan fingerprint density at radius 2 is 2.04 bits per heavy atom. The fourth-order valence-electron chi connectivity index (χ4n) is 6.17. The molecule has 1 aromatic carbocycles. The van der Waals surface area contributed by atoms with Gasteiger partial charge in [-0.2, -0.15) is 0 Å². The number of fused-ring (bicyclic) bond motifs is 5. The Labute approximate surface area is 159 Å². The lowest BCUT2D eigenvalue weighted by atomic mass is 9.54. The van der Waals surface area contributed by atoms with Crippen LogP contribution in [-0.4, -0.2) is 21.0 Å². The zero-order chi connectivity index (χ0) is 18.6. The van der Waals surface area contributed by atoms with Gasteiger partial charge in [0.2, 0.25) is 0 Å². The number of hydrogen-bond donors (Lipinski definition) is 1. The van der Waals surface area contributed by atoms with Crippen LogP contribution in [0, 0.1) is 17.3 Å². The van der Waals surface area contributed by atoms with E-state index in [4.69, 9.17) is 0 Å². The summed E-state index contributed by atoms with van der Waals surface area (Å²) >= 11 is 0. The van der Waals surface area contributed by atoms with Gasteiger partial charge in [-0.25, -0.2) is 14.8 Å². The van der Waals surface area contributed by atoms with E-state index in [0.717, 1.165) is 19.3 Å². The Morgan fingerprint density at radius 1 is 1.22 bits per heavy atom. The maximum absolute atomic E-state index is 11.3. The number of benzene rings is 1. The van der Waals surface area contributed by atoms with Crippen molar-refractivity contribution in [1.29, 1.82) is 0 Å². The number of carbonyl (C=O) groups is 1. The molecule has 1 saturated carbocycles. The van der Waals surface area contributed by atoms with Crippen molar-refractivity contribution in [2.45, 2.75) is 44.9 Å². The minimum atomic E-state index is -0.828. The summed E-state index contributed by atoms with van der Waals surface area (Å²) in [6.07, 6.45) is 13.5. The molecule has 0 spiro atoms. The van der Waals surface area contributed by atoms with E-state index in [1.54, 1.807) is 12.4 Å². The minimum Gasteiger partial charge on any atom is -0.478 e. The molecule has 27 heavy (non-hydrogen) atoms. The number of aromatic nitrogens is 2. The van der Waals surface area contributed by atoms with Gasteiger partial charge < -0.3 is 5.11 Å². The third-order valence-corrected chi connectivity index (χ3v) is 7.43. The van der Waals surface area contributed by atoms with Crippen LogP contribution < -0.4 is 0 Å². The van der Waals surface area contributed by atoms with Crippen LogP contribution in [0.4, 0.5) is 0 Å². The van der Waals surface area contributed by atoms with Crippen LogP contribution in [0.2, 0.25) is 0 Å². The number of nitrogens with zero attached hydrogens (tertiary/aromatic N) is 2. The number of rotatable bonds is 2. The van der Waals surface area contributed by atoms with Crippen LogP contribution in [0.5, 0.6) is 0 Å². The van der Waals surface area contributed by atoms with Crippen LogP contribution in [0.1, 0.15) is 65.6 Å². The second-order valence-electron chi connectivity index (χ2n) is 8.57. The molecular weight excluding hydrogens is 336 g/mol. The summed E-state index contributed by atoms with van der Waals surface area (Å²) < 4.78 is 0. The standard InChI is InChI=1S/C23H24N2O2/c1-23-9-8-18-17-4-3-15(22(26)27)10-14(17)2-5-19(18)21(23)7-6-20(23)16-11-24-13-25-12-16/h3-4,6,10-13,18-19,21H,2,5,7-9H2,1H3,(H,26,27). The Morgan fingerprint density at radius 3 is 2.81 bits per heavy atom. The number of hydrogen-bond acceptors (Lipinski definition) is 3. The predicted molar refractivity (Wildman–Crippen MR) is 103 cm³/mol. The maximum Gasteiger partial charge on any atom is 0.335 e. The van der Waals surface area contributed by atoms with Crippen LogP contribution in [-0.2, 0) is 6.42 Å². The summed E-state index contributed by atoms with van der Waals surface area (Å²) in [6, 6.07) is 5.78. The molecule has 1 fully saturated rings. The summed E-state index contributed by atoms with van der Waals surface area (Å²) in [5, 5.41) is 9.30. The number of aromatic carboxylic acids is 1. The third-order valence-electron chi connectivity index (χ3n) is 7.43. The van der Waals surface area contributed by atoms with Gasteiger partial charge in [-0.1, -0.05) is 19.1 Å². The molecule has 4 heteroatoms. The van der Waals surface area contributed by atoms with E-state index in [1.165, 1.54) is 35.1 Å². The van der Waals surface area contributed by atoms with Crippen molar-refractivity contribution in [3.8, 4) is 0 Å². The van der Waals surface area contributed by atoms with E-state index in [1.807, 2.05) is 18.5 Å². The van der Waals surface area contributed by atoms with Crippen LogP contribution in [0.25, 0.3) is 5.57 Å². The highest BCUT2D eigenvalue weighted by molar-refractivity contribution is 5.88. The first-order chi connectivity index (χ1) is 13.1. The molecule has 1 aromatic heterocycles. The lowest BCUT2D eigenvalue weighted by molar-refractivity contribution is 0.0696. The average molecular weight is 360 g/mol. The average Bonchev–Trinajstić information content (AvgIpc) is 3.05. The topological polar surface area (TPSA) is 63.1 Å². The maximum atomic E-state index is 11.3. The zero-order valence-electron chi connectivity index (χ0n) is 15.6. The highest BCUT2D eigenvalue weighted by atomic mass is 16.4. The summed E-state index contributed by atoms with van der Waals surface area (Å²) in [5.41, 5.74) is 5.87. The van der Waals surface area contributed by atoms with Gasteiger partial charge in [-0.05, 0) is 84.1 Å². The van der Waals surface area contributed by atoms with Crippen LogP contribution in [0.3, 0.4) is 0 Å². The smallest absolute Gasteiger partial charge is 0.335 e. The SMILES string of the molecule is CC12CCC3c4ccc(C(=O)O)cc4CCC3C1CC=C2c1cncnc1. The molecular formula is C23H24N2O2. The second kappa shape index (κ2) is 6.01. The molecule has 4 unspecified atom stereocenters. The van der Waals surface area contributed by atoms with Gasteiger partial charge >= 0.3 is 5.97 Å². The molecule has 0 amide bonds. The molecule has 1 heterocycles. The van der Waals surface area contributed by atoms with Crippen molar-refractivity contribution in [1.82, 2.24) is 9.97 Å². The van der Waals surface area contributed by atoms with Gasteiger partial charge in [-0.15, -0.1) is 0 Å². The minimum absolute atomic E-state index is 0.199. The molecule has 0 saturated heterocycles. The highest BCUT2D eigenvalue weighted by Crippen LogP contribution is 2.62. The molecule has 0 radical (unpaired) electrons. The number of aryl methyl sites for hydroxylation is 1. The number of allylic oxidation sites excluding steroid dienone is 2. The van der Waals surface area contributed by atoms with Crippen molar-refractivity contribution in [2.24, 2.45) is 17.3 Å². The predicted octanol–water partition coefficient (Wildman–Crippen LogP) is 4.72. The summed E-state index contributed by atoms with van der Waals surface area (Å²) in [7, 11) is 0. The van der Waals surface area contributed by atoms with Gasteiger partial charge in [0.05, 0.1) is 5.56 Å². The first-order valence-electron chi connectivity index (χ1n) is 9.90. The molecule has 2 aromatic rings. The van der Waals surface area contributed by atoms with Gasteiger partial charge in [0, 0.05) is 18.0 Å². The largest absolute Gasteiger partial charge is 0.478 e. The Kier molecular flexibility index (Phi) is 3.71. The van der Waals surface area contributed by atoms with Crippen molar-refractivity contribution < 1.29 is 9.90 Å². The second-order valence-corrected chi connectivity index (χ2v) is 8.57. The molecule has 5 rings (SSSR count). The van der Waals surface area contributed by atoms with Gasteiger partial charge in [0.25, 0.3) is 0 Å². The quantitative estimate of drug-likeness (QED) is 0.841. The fourth-order valence-corrected chi connectivity index (χ4v) is 6.17. The van der Waals surface area contributed by atoms with E-state index in [9.17, 15) is 9.90 Å². The number of carboxylic acids is 1. The van der Waals surface area contributed by atoms with E-state index < -0.39 is 5.97 Å². The van der Waals surface area contributed by atoms with Gasteiger partial charge in [-0.3, -0.25) is 0 Å². The lowest BCUT2D eigenvalue weighted by Gasteiger charge is -2.50.